The van der Waals surface area contributed by atoms with Crippen LogP contribution in [0.3, 0.4) is 0 Å². The molecule has 0 radical (unpaired) electrons. The van der Waals surface area contributed by atoms with E-state index in [1.165, 1.54) is 6.07 Å². The van der Waals surface area contributed by atoms with Gasteiger partial charge in [0, 0.05) is 18.5 Å². The summed E-state index contributed by atoms with van der Waals surface area (Å²) in [6.07, 6.45) is -0.538. The van der Waals surface area contributed by atoms with Gasteiger partial charge >= 0.3 is 11.9 Å². The van der Waals surface area contributed by atoms with Gasteiger partial charge in [-0.2, -0.15) is 0 Å². The maximum absolute atomic E-state index is 11.2. The molecule has 0 bridgehead atoms. The summed E-state index contributed by atoms with van der Waals surface area (Å²) in [6, 6.07) is 13.7. The van der Waals surface area contributed by atoms with Crippen molar-refractivity contribution in [1.82, 2.24) is 5.32 Å². The number of carboxylic acid groups (broad SMARTS) is 2. The zero-order valence-corrected chi connectivity index (χ0v) is 13.0. The van der Waals surface area contributed by atoms with E-state index in [1.54, 1.807) is 18.2 Å². The first kappa shape index (κ1) is 17.7. The van der Waals surface area contributed by atoms with Crippen LogP contribution in [-0.4, -0.2) is 27.3 Å². The van der Waals surface area contributed by atoms with Gasteiger partial charge in [0.15, 0.2) is 0 Å². The molecule has 0 saturated heterocycles. The number of carboxylic acids is 2. The lowest BCUT2D eigenvalue weighted by Crippen LogP contribution is -2.22. The van der Waals surface area contributed by atoms with E-state index < -0.39 is 18.2 Å². The molecule has 24 heavy (non-hydrogen) atoms. The van der Waals surface area contributed by atoms with E-state index in [1.807, 2.05) is 24.3 Å². The summed E-state index contributed by atoms with van der Waals surface area (Å²) in [7, 11) is 0. The molecule has 2 aromatic rings. The molecule has 126 valence electrons. The number of aryl methyl sites for hydroxylation is 1. The lowest BCUT2D eigenvalue weighted by atomic mass is 10.1. The number of benzene rings is 2. The lowest BCUT2D eigenvalue weighted by molar-refractivity contribution is -0.136. The Morgan fingerprint density at radius 1 is 0.958 bits per heavy atom. The van der Waals surface area contributed by atoms with Gasteiger partial charge in [-0.25, -0.2) is 4.79 Å². The van der Waals surface area contributed by atoms with Crippen molar-refractivity contribution >= 4 is 11.9 Å². The number of nitrogens with one attached hydrogen (secondary N) is 1. The van der Waals surface area contributed by atoms with Crippen LogP contribution in [0.25, 0.3) is 0 Å². The molecule has 1 unspecified atom stereocenters. The summed E-state index contributed by atoms with van der Waals surface area (Å²) in [5, 5.41) is 30.9. The summed E-state index contributed by atoms with van der Waals surface area (Å²) >= 11 is 0. The molecule has 0 aliphatic carbocycles. The van der Waals surface area contributed by atoms with Crippen molar-refractivity contribution in [2.75, 3.05) is 0 Å². The third-order valence-electron chi connectivity index (χ3n) is 3.64. The van der Waals surface area contributed by atoms with Gasteiger partial charge in [-0.1, -0.05) is 42.5 Å². The molecular formula is C18H19NO5. The summed E-state index contributed by atoms with van der Waals surface area (Å²) in [4.78, 5) is 21.7. The number of hydrogen-bond donors (Lipinski definition) is 4. The van der Waals surface area contributed by atoms with Crippen LogP contribution in [0.5, 0.6) is 0 Å². The average Bonchev–Trinajstić information content (AvgIpc) is 2.58. The highest BCUT2D eigenvalue weighted by Crippen LogP contribution is 2.17. The summed E-state index contributed by atoms with van der Waals surface area (Å²) in [5.41, 5.74) is 2.20. The van der Waals surface area contributed by atoms with Crippen LogP contribution >= 0.6 is 0 Å². The van der Waals surface area contributed by atoms with Crippen molar-refractivity contribution in [2.45, 2.75) is 25.6 Å². The second-order valence-electron chi connectivity index (χ2n) is 5.39. The smallest absolute Gasteiger partial charge is 0.336 e. The van der Waals surface area contributed by atoms with E-state index in [0.29, 0.717) is 18.5 Å². The topological polar surface area (TPSA) is 107 Å². The van der Waals surface area contributed by atoms with Crippen LogP contribution < -0.4 is 5.32 Å². The van der Waals surface area contributed by atoms with Crippen molar-refractivity contribution in [3.8, 4) is 0 Å². The first-order valence-corrected chi connectivity index (χ1v) is 7.50. The number of aliphatic carboxylic acids is 1. The fraction of sp³-hybridized carbons (Fsp3) is 0.222. The van der Waals surface area contributed by atoms with Crippen molar-refractivity contribution in [2.24, 2.45) is 0 Å². The molecule has 2 rings (SSSR count). The Labute approximate surface area is 139 Å². The Kier molecular flexibility index (Phi) is 6.06. The van der Waals surface area contributed by atoms with Crippen LogP contribution in [0, 0.1) is 0 Å². The van der Waals surface area contributed by atoms with E-state index >= 15 is 0 Å². The van der Waals surface area contributed by atoms with E-state index in [0.717, 1.165) is 11.1 Å². The largest absolute Gasteiger partial charge is 0.481 e. The minimum atomic E-state index is -1.09. The molecule has 4 N–H and O–H groups in total. The number of rotatable bonds is 8. The van der Waals surface area contributed by atoms with Gasteiger partial charge in [-0.15, -0.1) is 0 Å². The molecule has 0 aromatic heterocycles. The number of aliphatic hydroxyl groups excluding tert-OH is 1. The molecule has 0 saturated carbocycles. The normalized spacial score (nSPS) is 11.9. The van der Waals surface area contributed by atoms with Crippen LogP contribution in [0.2, 0.25) is 0 Å². The highest BCUT2D eigenvalue weighted by molar-refractivity contribution is 5.89. The highest BCUT2D eigenvalue weighted by atomic mass is 16.4. The van der Waals surface area contributed by atoms with Gasteiger partial charge in [0.25, 0.3) is 0 Å². The summed E-state index contributed by atoms with van der Waals surface area (Å²) in [5.74, 6) is -1.92. The Bertz CT molecular complexity index is 712. The number of aliphatic hydroxyl groups is 1. The molecule has 0 aliphatic heterocycles. The SMILES string of the molecule is O=C(O)CCc1ccc(CNC(O)c2ccccc2C(=O)O)cc1. The number of carbonyl (C=O) groups is 2. The van der Waals surface area contributed by atoms with Crippen LogP contribution in [-0.2, 0) is 17.8 Å². The molecule has 0 heterocycles. The molecule has 6 heteroatoms. The van der Waals surface area contributed by atoms with E-state index in [4.69, 9.17) is 10.2 Å². The molecule has 2 aromatic carbocycles. The fourth-order valence-corrected chi connectivity index (χ4v) is 2.33. The van der Waals surface area contributed by atoms with Gasteiger partial charge in [0.1, 0.15) is 6.23 Å². The third-order valence-corrected chi connectivity index (χ3v) is 3.64. The van der Waals surface area contributed by atoms with E-state index in [-0.39, 0.29) is 12.0 Å². The predicted molar refractivity (Wildman–Crippen MR) is 87.6 cm³/mol. The standard InChI is InChI=1S/C18H19NO5/c20-16(21)10-9-12-5-7-13(8-6-12)11-19-17(22)14-3-1-2-4-15(14)18(23)24/h1-8,17,19,22H,9-11H2,(H,20,21)(H,23,24). The Morgan fingerprint density at radius 2 is 1.58 bits per heavy atom. The van der Waals surface area contributed by atoms with Crippen molar-refractivity contribution in [3.05, 3.63) is 70.8 Å². The second-order valence-corrected chi connectivity index (χ2v) is 5.39. The minimum absolute atomic E-state index is 0.0570. The predicted octanol–water partition coefficient (Wildman–Crippen LogP) is 2.18. The molecule has 0 aliphatic rings. The van der Waals surface area contributed by atoms with E-state index in [9.17, 15) is 14.7 Å². The van der Waals surface area contributed by atoms with Gasteiger partial charge in [-0.05, 0) is 23.6 Å². The van der Waals surface area contributed by atoms with Crippen LogP contribution in [0.1, 0.15) is 39.7 Å². The highest BCUT2D eigenvalue weighted by Gasteiger charge is 2.15. The fourth-order valence-electron chi connectivity index (χ4n) is 2.33. The molecule has 0 amide bonds. The van der Waals surface area contributed by atoms with Crippen molar-refractivity contribution in [1.29, 1.82) is 0 Å². The molecule has 0 fully saturated rings. The Hall–Kier alpha value is -2.70. The van der Waals surface area contributed by atoms with Crippen LogP contribution in [0.15, 0.2) is 48.5 Å². The van der Waals surface area contributed by atoms with Gasteiger partial charge in [0.05, 0.1) is 5.56 Å². The average molecular weight is 329 g/mol. The van der Waals surface area contributed by atoms with Gasteiger partial charge < -0.3 is 15.3 Å². The minimum Gasteiger partial charge on any atom is -0.481 e. The Morgan fingerprint density at radius 3 is 2.21 bits per heavy atom. The van der Waals surface area contributed by atoms with Gasteiger partial charge in [0.2, 0.25) is 0 Å². The van der Waals surface area contributed by atoms with Gasteiger partial charge in [-0.3, -0.25) is 10.1 Å². The molecule has 6 nitrogen and oxygen atoms in total. The summed E-state index contributed by atoms with van der Waals surface area (Å²) in [6.45, 7) is 0.355. The zero-order valence-electron chi connectivity index (χ0n) is 13.0. The third kappa shape index (κ3) is 4.91. The monoisotopic (exact) mass is 329 g/mol. The molecular weight excluding hydrogens is 310 g/mol. The zero-order chi connectivity index (χ0) is 17.5. The van der Waals surface area contributed by atoms with Crippen molar-refractivity contribution in [3.63, 3.8) is 0 Å². The number of hydrogen-bond acceptors (Lipinski definition) is 4. The Balaban J connectivity index is 1.95. The lowest BCUT2D eigenvalue weighted by Gasteiger charge is -2.15. The maximum Gasteiger partial charge on any atom is 0.336 e. The first-order valence-electron chi connectivity index (χ1n) is 7.50. The maximum atomic E-state index is 11.2. The van der Waals surface area contributed by atoms with Crippen LogP contribution in [0.4, 0.5) is 0 Å². The van der Waals surface area contributed by atoms with Crippen molar-refractivity contribution < 1.29 is 24.9 Å². The summed E-state index contributed by atoms with van der Waals surface area (Å²) < 4.78 is 0. The molecule has 1 atom stereocenters. The quantitative estimate of drug-likeness (QED) is 0.553. The first-order chi connectivity index (χ1) is 11.5. The van der Waals surface area contributed by atoms with E-state index in [2.05, 4.69) is 5.32 Å². The molecule has 0 spiro atoms. The second kappa shape index (κ2) is 8.24. The number of aromatic carboxylic acids is 1.